The van der Waals surface area contributed by atoms with E-state index in [0.717, 1.165) is 29.1 Å². The fourth-order valence-corrected chi connectivity index (χ4v) is 6.58. The lowest BCUT2D eigenvalue weighted by molar-refractivity contribution is -0.214. The van der Waals surface area contributed by atoms with Crippen molar-refractivity contribution in [2.24, 2.45) is 5.41 Å². The first-order chi connectivity index (χ1) is 18.2. The molecular formula is C26H26F2N6O3S. The van der Waals surface area contributed by atoms with Crippen molar-refractivity contribution in [3.63, 3.8) is 0 Å². The van der Waals surface area contributed by atoms with E-state index in [0.29, 0.717) is 24.3 Å². The van der Waals surface area contributed by atoms with E-state index >= 15 is 0 Å². The molecule has 2 N–H and O–H groups in total. The Morgan fingerprint density at radius 3 is 2.66 bits per heavy atom. The van der Waals surface area contributed by atoms with Crippen LogP contribution in [-0.4, -0.2) is 56.6 Å². The molecule has 3 aliphatic rings. The second-order valence-corrected chi connectivity index (χ2v) is 11.6. The number of nitrogens with zero attached hydrogens (tertiary/aromatic N) is 4. The molecule has 2 aliphatic heterocycles. The van der Waals surface area contributed by atoms with Crippen LogP contribution >= 0.6 is 11.3 Å². The number of thiophene rings is 1. The number of carbonyl (C=O) groups is 3. The number of rotatable bonds is 7. The van der Waals surface area contributed by atoms with Gasteiger partial charge in [-0.2, -0.15) is 0 Å². The maximum Gasteiger partial charge on any atom is 0.251 e. The van der Waals surface area contributed by atoms with Gasteiger partial charge in [-0.1, -0.05) is 17.3 Å². The highest BCUT2D eigenvalue weighted by Crippen LogP contribution is 2.56. The van der Waals surface area contributed by atoms with E-state index in [1.807, 2.05) is 35.7 Å². The van der Waals surface area contributed by atoms with Gasteiger partial charge in [0.05, 0.1) is 12.6 Å². The summed E-state index contributed by atoms with van der Waals surface area (Å²) < 4.78 is 27.8. The summed E-state index contributed by atoms with van der Waals surface area (Å²) in [5.41, 5.74) is 2.99. The molecule has 9 nitrogen and oxygen atoms in total. The van der Waals surface area contributed by atoms with Crippen LogP contribution in [0.3, 0.4) is 0 Å². The molecule has 0 bridgehead atoms. The van der Waals surface area contributed by atoms with Crippen molar-refractivity contribution < 1.29 is 23.2 Å². The Morgan fingerprint density at radius 1 is 1.18 bits per heavy atom. The van der Waals surface area contributed by atoms with Gasteiger partial charge >= 0.3 is 0 Å². The second kappa shape index (κ2) is 9.35. The normalized spacial score (nSPS) is 22.0. The molecule has 38 heavy (non-hydrogen) atoms. The zero-order chi connectivity index (χ0) is 26.5. The summed E-state index contributed by atoms with van der Waals surface area (Å²) in [5, 5.41) is 15.3. The molecule has 6 rings (SSSR count). The number of halogens is 2. The van der Waals surface area contributed by atoms with E-state index in [1.54, 1.807) is 6.20 Å². The van der Waals surface area contributed by atoms with E-state index < -0.39 is 12.0 Å². The number of hydrogen-bond donors (Lipinski definition) is 2. The number of anilines is 1. The van der Waals surface area contributed by atoms with Crippen LogP contribution in [-0.2, 0) is 27.3 Å². The van der Waals surface area contributed by atoms with E-state index in [-0.39, 0.29) is 48.8 Å². The molecule has 198 valence electrons. The molecule has 12 heteroatoms. The van der Waals surface area contributed by atoms with Gasteiger partial charge < -0.3 is 5.32 Å². The number of carbonyl (C=O) groups excluding carboxylic acids is 3. The number of likely N-dealkylation sites (tertiary alicyclic amines) is 1. The van der Waals surface area contributed by atoms with Gasteiger partial charge in [0.1, 0.15) is 11.7 Å². The highest BCUT2D eigenvalue weighted by Gasteiger charge is 2.61. The monoisotopic (exact) mass is 540 g/mol. The first kappa shape index (κ1) is 24.8. The van der Waals surface area contributed by atoms with Gasteiger partial charge in [0.25, 0.3) is 5.91 Å². The van der Waals surface area contributed by atoms with E-state index in [2.05, 4.69) is 25.8 Å². The molecule has 3 amide bonds. The fourth-order valence-electron chi connectivity index (χ4n) is 5.70. The lowest BCUT2D eigenvalue weighted by atomic mass is 9.61. The summed E-state index contributed by atoms with van der Waals surface area (Å²) >= 11 is 1.44. The van der Waals surface area contributed by atoms with Crippen molar-refractivity contribution in [2.75, 3.05) is 18.4 Å². The zero-order valence-corrected chi connectivity index (χ0v) is 21.3. The van der Waals surface area contributed by atoms with Crippen molar-refractivity contribution in [1.29, 1.82) is 0 Å². The van der Waals surface area contributed by atoms with Crippen molar-refractivity contribution in [1.82, 2.24) is 25.2 Å². The number of amides is 3. The molecule has 1 unspecified atom stereocenters. The summed E-state index contributed by atoms with van der Waals surface area (Å²) in [6, 6.07) is 8.92. The maximum absolute atomic E-state index is 13.2. The van der Waals surface area contributed by atoms with Gasteiger partial charge in [-0.25, -0.2) is 13.5 Å². The van der Waals surface area contributed by atoms with Crippen LogP contribution < -0.4 is 10.6 Å². The number of hydrogen-bond acceptors (Lipinski definition) is 7. The van der Waals surface area contributed by atoms with E-state index in [9.17, 15) is 23.2 Å². The minimum Gasteiger partial charge on any atom is -0.326 e. The van der Waals surface area contributed by atoms with Crippen LogP contribution in [0.1, 0.15) is 42.2 Å². The van der Waals surface area contributed by atoms with Gasteiger partial charge in [-0.05, 0) is 30.2 Å². The lowest BCUT2D eigenvalue weighted by Gasteiger charge is -2.58. The Balaban J connectivity index is 0.990. The summed E-state index contributed by atoms with van der Waals surface area (Å²) in [5.74, 6) is -3.29. The third kappa shape index (κ3) is 5.10. The van der Waals surface area contributed by atoms with E-state index in [4.69, 9.17) is 0 Å². The topological polar surface area (TPSA) is 109 Å². The molecule has 1 aromatic carbocycles. The minimum atomic E-state index is -2.48. The van der Waals surface area contributed by atoms with Crippen molar-refractivity contribution in [3.8, 4) is 11.3 Å². The number of alkyl halides is 2. The Bertz CT molecular complexity index is 1390. The van der Waals surface area contributed by atoms with Crippen LogP contribution in [0.15, 0.2) is 41.9 Å². The van der Waals surface area contributed by atoms with Gasteiger partial charge in [-0.15, -0.1) is 16.4 Å². The van der Waals surface area contributed by atoms with Crippen LogP contribution in [0.2, 0.25) is 0 Å². The molecule has 3 fully saturated rings. The van der Waals surface area contributed by atoms with E-state index in [1.165, 1.54) is 16.0 Å². The van der Waals surface area contributed by atoms with Gasteiger partial charge in [0.15, 0.2) is 0 Å². The van der Waals surface area contributed by atoms with Crippen molar-refractivity contribution in [2.45, 2.75) is 50.6 Å². The number of aromatic nitrogens is 3. The van der Waals surface area contributed by atoms with Gasteiger partial charge in [0.2, 0.25) is 17.7 Å². The molecule has 0 radical (unpaired) electrons. The Labute approximate surface area is 221 Å². The van der Waals surface area contributed by atoms with Gasteiger partial charge in [0, 0.05) is 65.8 Å². The second-order valence-electron chi connectivity index (χ2n) is 10.6. The number of imide groups is 1. The maximum atomic E-state index is 13.2. The zero-order valence-electron chi connectivity index (χ0n) is 20.5. The number of nitrogens with one attached hydrogen (secondary N) is 2. The molecule has 1 aliphatic carbocycles. The van der Waals surface area contributed by atoms with Crippen LogP contribution in [0.25, 0.3) is 11.3 Å². The quantitative estimate of drug-likeness (QED) is 0.445. The Morgan fingerprint density at radius 2 is 1.95 bits per heavy atom. The highest BCUT2D eigenvalue weighted by molar-refractivity contribution is 7.10. The SMILES string of the molecule is O=C1CCC(n2cc(-c3csc(CC(=O)Nc4ccc(CN5CC6(C5)CC(F)(F)C6)cc4)c3)nn2)C(=O)N1. The number of piperidine rings is 1. The molecular weight excluding hydrogens is 514 g/mol. The van der Waals surface area contributed by atoms with Crippen LogP contribution in [0.4, 0.5) is 14.5 Å². The molecule has 2 aromatic heterocycles. The summed E-state index contributed by atoms with van der Waals surface area (Å²) in [7, 11) is 0. The first-order valence-electron chi connectivity index (χ1n) is 12.5. The van der Waals surface area contributed by atoms with Gasteiger partial charge in [-0.3, -0.25) is 24.6 Å². The predicted molar refractivity (Wildman–Crippen MR) is 135 cm³/mol. The molecule has 1 saturated carbocycles. The smallest absolute Gasteiger partial charge is 0.251 e. The molecule has 2 saturated heterocycles. The average molecular weight is 541 g/mol. The largest absolute Gasteiger partial charge is 0.326 e. The minimum absolute atomic E-state index is 0.00963. The Hall–Kier alpha value is -3.51. The van der Waals surface area contributed by atoms with Crippen LogP contribution in [0, 0.1) is 5.41 Å². The molecule has 1 spiro atoms. The third-order valence-corrected chi connectivity index (χ3v) is 8.29. The van der Waals surface area contributed by atoms with Crippen LogP contribution in [0.5, 0.6) is 0 Å². The number of benzene rings is 1. The Kier molecular flexibility index (Phi) is 6.10. The third-order valence-electron chi connectivity index (χ3n) is 7.35. The molecule has 1 atom stereocenters. The predicted octanol–water partition coefficient (Wildman–Crippen LogP) is 3.40. The molecule has 4 heterocycles. The molecule has 3 aromatic rings. The van der Waals surface area contributed by atoms with Crippen molar-refractivity contribution >= 4 is 34.7 Å². The summed E-state index contributed by atoms with van der Waals surface area (Å²) in [6.07, 6.45) is 2.54. The summed E-state index contributed by atoms with van der Waals surface area (Å²) in [6.45, 7) is 2.15. The summed E-state index contributed by atoms with van der Waals surface area (Å²) in [4.78, 5) is 39.1. The fraction of sp³-hybridized carbons (Fsp3) is 0.423. The lowest BCUT2D eigenvalue weighted by Crippen LogP contribution is -2.65. The highest BCUT2D eigenvalue weighted by atomic mass is 32.1. The van der Waals surface area contributed by atoms with Crippen molar-refractivity contribution in [3.05, 3.63) is 52.3 Å². The first-order valence-corrected chi connectivity index (χ1v) is 13.4. The average Bonchev–Trinajstić information content (AvgIpc) is 3.48. The standard InChI is InChI=1S/C26H26F2N6O3S/c27-26(28)12-25(13-26)14-33(15-25)9-16-1-3-18(4-2-16)29-23(36)8-19-7-17(11-38-19)20-10-34(32-31-20)21-5-6-22(35)30-24(21)37/h1-4,7,10-11,21H,5-6,8-9,12-15H2,(H,29,36)(H,30,35,37).